The second-order valence-corrected chi connectivity index (χ2v) is 12.8. The van der Waals surface area contributed by atoms with Crippen LogP contribution in [-0.2, 0) is 13.1 Å². The number of benzene rings is 2. The third-order valence-corrected chi connectivity index (χ3v) is 9.85. The molecule has 4 aliphatic rings. The molecule has 49 heavy (non-hydrogen) atoms. The van der Waals surface area contributed by atoms with Crippen molar-refractivity contribution in [2.75, 3.05) is 13.1 Å². The smallest absolute Gasteiger partial charge is 0.271 e. The first kappa shape index (κ1) is 31.0. The van der Waals surface area contributed by atoms with Crippen LogP contribution in [0, 0.1) is 5.82 Å². The maximum Gasteiger partial charge on any atom is 0.271 e. The Morgan fingerprint density at radius 2 is 1.08 bits per heavy atom. The van der Waals surface area contributed by atoms with Crippen molar-refractivity contribution < 1.29 is 14.0 Å². The van der Waals surface area contributed by atoms with E-state index in [9.17, 15) is 14.0 Å². The predicted octanol–water partition coefficient (Wildman–Crippen LogP) is 7.81. The molecule has 6 heterocycles. The van der Waals surface area contributed by atoms with Crippen LogP contribution in [-0.4, -0.2) is 65.9 Å². The van der Waals surface area contributed by atoms with E-state index in [0.717, 1.165) is 96.3 Å². The number of carbonyl (C=O) groups excluding carboxylic acids is 2. The van der Waals surface area contributed by atoms with E-state index >= 15 is 0 Å². The van der Waals surface area contributed by atoms with E-state index in [1.54, 1.807) is 12.3 Å². The zero-order valence-corrected chi connectivity index (χ0v) is 27.8. The monoisotopic (exact) mass is 654 g/mol. The lowest BCUT2D eigenvalue weighted by Crippen LogP contribution is -2.41. The number of fused-ring (bicyclic) bond motifs is 6. The average molecular weight is 655 g/mol. The van der Waals surface area contributed by atoms with Gasteiger partial charge >= 0.3 is 0 Å². The summed E-state index contributed by atoms with van der Waals surface area (Å²) in [6.45, 7) is 7.16. The van der Waals surface area contributed by atoms with Crippen molar-refractivity contribution in [3.8, 4) is 22.3 Å². The van der Waals surface area contributed by atoms with Gasteiger partial charge in [0.25, 0.3) is 11.8 Å². The Hall–Kier alpha value is -5.31. The van der Waals surface area contributed by atoms with Gasteiger partial charge in [0, 0.05) is 61.8 Å². The Balaban J connectivity index is 0.000000136. The molecule has 0 saturated heterocycles. The molecule has 2 aromatic carbocycles. The van der Waals surface area contributed by atoms with Gasteiger partial charge in [0.05, 0.1) is 22.1 Å². The molecular weight excluding hydrogens is 615 g/mol. The number of hydrogen-bond donors (Lipinski definition) is 0. The van der Waals surface area contributed by atoms with Crippen molar-refractivity contribution >= 4 is 33.9 Å². The number of pyridine rings is 2. The highest BCUT2D eigenvalue weighted by molar-refractivity contribution is 6.10. The van der Waals surface area contributed by atoms with Gasteiger partial charge in [-0.15, -0.1) is 0 Å². The third kappa shape index (κ3) is 5.37. The molecule has 248 valence electrons. The normalized spacial score (nSPS) is 16.9. The first-order chi connectivity index (χ1) is 24.1. The third-order valence-electron chi connectivity index (χ3n) is 9.85. The fraction of sp³-hybridized carbons (Fsp3) is 0.300. The summed E-state index contributed by atoms with van der Waals surface area (Å²) in [5, 5.41) is 0. The van der Waals surface area contributed by atoms with Crippen molar-refractivity contribution in [3.05, 3.63) is 108 Å². The highest BCUT2D eigenvalue weighted by Crippen LogP contribution is 2.40. The van der Waals surface area contributed by atoms with Crippen LogP contribution in [0.2, 0.25) is 0 Å². The topological polar surface area (TPSA) is 76.3 Å². The number of hydrogen-bond acceptors (Lipinski definition) is 4. The summed E-state index contributed by atoms with van der Waals surface area (Å²) >= 11 is 0. The highest BCUT2D eigenvalue weighted by Gasteiger charge is 2.40. The molecule has 2 saturated carbocycles. The van der Waals surface area contributed by atoms with Gasteiger partial charge < -0.3 is 18.9 Å². The summed E-state index contributed by atoms with van der Waals surface area (Å²) in [5.74, 6) is -0.101. The summed E-state index contributed by atoms with van der Waals surface area (Å²) in [7, 11) is 0. The summed E-state index contributed by atoms with van der Waals surface area (Å²) in [4.78, 5) is 39.4. The van der Waals surface area contributed by atoms with Crippen LogP contribution in [0.5, 0.6) is 0 Å². The molecular formula is C40H39FN6O2. The second-order valence-electron chi connectivity index (χ2n) is 12.8. The zero-order chi connectivity index (χ0) is 33.6. The quantitative estimate of drug-likeness (QED) is 0.194. The molecule has 0 spiro atoms. The number of nitrogens with zero attached hydrogens (tertiary/aromatic N) is 6. The minimum absolute atomic E-state index is 0.0426. The van der Waals surface area contributed by atoms with E-state index in [1.165, 1.54) is 12.1 Å². The van der Waals surface area contributed by atoms with Gasteiger partial charge in [-0.1, -0.05) is 56.3 Å². The first-order valence-electron chi connectivity index (χ1n) is 17.5. The molecule has 6 aromatic rings. The number of amides is 2. The number of rotatable bonds is 4. The highest BCUT2D eigenvalue weighted by atomic mass is 19.1. The van der Waals surface area contributed by atoms with Crippen molar-refractivity contribution in [1.29, 1.82) is 0 Å². The van der Waals surface area contributed by atoms with Gasteiger partial charge in [-0.3, -0.25) is 19.6 Å². The molecule has 4 aromatic heterocycles. The van der Waals surface area contributed by atoms with E-state index < -0.39 is 0 Å². The summed E-state index contributed by atoms with van der Waals surface area (Å²) in [6.07, 6.45) is 7.99. The van der Waals surface area contributed by atoms with Crippen LogP contribution < -0.4 is 0 Å². The van der Waals surface area contributed by atoms with Crippen LogP contribution in [0.15, 0.2) is 91.3 Å². The SMILES string of the molecule is CC.O=C1c2c(-c3cccc(F)c3)c3ncccc3n2CCN1C1CC1.O=C1c2c(-c3ccccc3)c3ncccc3n2CCN1C1CC1. The molecule has 0 unspecified atom stereocenters. The molecule has 2 aliphatic carbocycles. The lowest BCUT2D eigenvalue weighted by Gasteiger charge is -2.29. The van der Waals surface area contributed by atoms with Gasteiger partial charge in [0.1, 0.15) is 17.2 Å². The molecule has 10 rings (SSSR count). The fourth-order valence-corrected chi connectivity index (χ4v) is 7.41. The maximum atomic E-state index is 13.8. The Kier molecular flexibility index (Phi) is 7.98. The minimum Gasteiger partial charge on any atom is -0.333 e. The largest absolute Gasteiger partial charge is 0.333 e. The second kappa shape index (κ2) is 12.6. The lowest BCUT2D eigenvalue weighted by atomic mass is 10.0. The number of carbonyl (C=O) groups is 2. The zero-order valence-electron chi connectivity index (χ0n) is 27.8. The molecule has 2 amide bonds. The number of aromatic nitrogens is 4. The Bertz CT molecular complexity index is 2200. The molecule has 0 radical (unpaired) electrons. The fourth-order valence-electron chi connectivity index (χ4n) is 7.41. The van der Waals surface area contributed by atoms with E-state index in [4.69, 9.17) is 0 Å². The van der Waals surface area contributed by atoms with Gasteiger partial charge in [-0.2, -0.15) is 0 Å². The van der Waals surface area contributed by atoms with Crippen molar-refractivity contribution in [2.24, 2.45) is 0 Å². The first-order valence-corrected chi connectivity index (χ1v) is 17.5. The number of halogens is 1. The Morgan fingerprint density at radius 3 is 1.57 bits per heavy atom. The molecule has 0 bridgehead atoms. The molecule has 0 atom stereocenters. The van der Waals surface area contributed by atoms with Crippen LogP contribution in [0.25, 0.3) is 44.3 Å². The minimum atomic E-state index is -0.307. The summed E-state index contributed by atoms with van der Waals surface area (Å²) in [5.41, 5.74) is 8.66. The summed E-state index contributed by atoms with van der Waals surface area (Å²) < 4.78 is 18.0. The van der Waals surface area contributed by atoms with Crippen molar-refractivity contribution in [1.82, 2.24) is 28.9 Å². The Morgan fingerprint density at radius 1 is 0.592 bits per heavy atom. The van der Waals surface area contributed by atoms with Crippen molar-refractivity contribution in [3.63, 3.8) is 0 Å². The van der Waals surface area contributed by atoms with E-state index in [1.807, 2.05) is 72.0 Å². The van der Waals surface area contributed by atoms with E-state index in [2.05, 4.69) is 37.6 Å². The molecule has 8 nitrogen and oxygen atoms in total. The van der Waals surface area contributed by atoms with E-state index in [0.29, 0.717) is 23.3 Å². The standard InChI is InChI=1S/C19H16FN3O.C19H17N3O.C2H6/c20-13-4-1-3-12(11-13)16-17-15(5-2-8-21-17)23-10-9-22(14-6-7-14)19(24)18(16)23;23-19-18-16(13-5-2-1-3-6-13)17-15(7-4-10-20-17)22(18)12-11-21(19)14-8-9-14;1-2/h1-5,8,11,14H,6-7,9-10H2;1-7,10,14H,8-9,11-12H2;1-2H3. The van der Waals surface area contributed by atoms with Gasteiger partial charge in [0.15, 0.2) is 0 Å². The van der Waals surface area contributed by atoms with Gasteiger partial charge in [0.2, 0.25) is 0 Å². The van der Waals surface area contributed by atoms with Crippen molar-refractivity contribution in [2.45, 2.75) is 64.7 Å². The van der Waals surface area contributed by atoms with E-state index in [-0.39, 0.29) is 17.6 Å². The van der Waals surface area contributed by atoms with Gasteiger partial charge in [-0.05, 0) is 73.2 Å². The van der Waals surface area contributed by atoms with Crippen LogP contribution in [0.4, 0.5) is 4.39 Å². The molecule has 0 N–H and O–H groups in total. The lowest BCUT2D eigenvalue weighted by molar-refractivity contribution is 0.0686. The molecule has 2 aliphatic heterocycles. The average Bonchev–Trinajstić information content (AvgIpc) is 4.09. The Labute approximate surface area is 284 Å². The van der Waals surface area contributed by atoms with Crippen LogP contribution >= 0.6 is 0 Å². The van der Waals surface area contributed by atoms with Gasteiger partial charge in [-0.25, -0.2) is 4.39 Å². The van der Waals surface area contributed by atoms with Crippen LogP contribution in [0.3, 0.4) is 0 Å². The van der Waals surface area contributed by atoms with Crippen LogP contribution in [0.1, 0.15) is 60.5 Å². The predicted molar refractivity (Wildman–Crippen MR) is 190 cm³/mol. The maximum absolute atomic E-state index is 13.8. The summed E-state index contributed by atoms with van der Waals surface area (Å²) in [6, 6.07) is 25.3. The molecule has 2 fully saturated rings. The molecule has 9 heteroatoms.